The van der Waals surface area contributed by atoms with Gasteiger partial charge in [-0.1, -0.05) is 37.3 Å². The Morgan fingerprint density at radius 1 is 0.926 bits per heavy atom. The molecular formula is C20H23BrN2O4. The van der Waals surface area contributed by atoms with Gasteiger partial charge in [0.05, 0.1) is 11.1 Å². The van der Waals surface area contributed by atoms with E-state index in [4.69, 9.17) is 9.47 Å². The van der Waals surface area contributed by atoms with Crippen molar-refractivity contribution in [3.63, 3.8) is 0 Å². The van der Waals surface area contributed by atoms with Crippen LogP contribution in [-0.4, -0.2) is 25.0 Å². The van der Waals surface area contributed by atoms with Crippen LogP contribution in [0.1, 0.15) is 25.3 Å². The van der Waals surface area contributed by atoms with E-state index < -0.39 is 5.91 Å². The molecule has 2 N–H and O–H groups in total. The lowest BCUT2D eigenvalue weighted by molar-refractivity contribution is -0.130. The summed E-state index contributed by atoms with van der Waals surface area (Å²) in [6.07, 6.45) is 1.59. The minimum atomic E-state index is -0.418. The van der Waals surface area contributed by atoms with Crippen molar-refractivity contribution >= 4 is 27.7 Å². The Bertz CT molecular complexity index is 767. The van der Waals surface area contributed by atoms with Crippen LogP contribution in [0.5, 0.6) is 11.5 Å². The normalized spacial score (nSPS) is 10.1. The fourth-order valence-electron chi connectivity index (χ4n) is 2.29. The fraction of sp³-hybridized carbons (Fsp3) is 0.300. The number of para-hydroxylation sites is 2. The third-order valence-electron chi connectivity index (χ3n) is 3.70. The maximum atomic E-state index is 11.8. The summed E-state index contributed by atoms with van der Waals surface area (Å²) in [7, 11) is 0. The number of amides is 2. The van der Waals surface area contributed by atoms with Gasteiger partial charge in [0.25, 0.3) is 5.91 Å². The number of aryl methyl sites for hydroxylation is 1. The molecule has 144 valence electrons. The van der Waals surface area contributed by atoms with E-state index in [9.17, 15) is 9.59 Å². The number of rotatable bonds is 9. The highest BCUT2D eigenvalue weighted by Crippen LogP contribution is 2.23. The van der Waals surface area contributed by atoms with Crippen molar-refractivity contribution in [1.29, 1.82) is 0 Å². The Hall–Kier alpha value is -2.54. The Morgan fingerprint density at radius 2 is 1.59 bits per heavy atom. The molecule has 2 rings (SSSR count). The predicted molar refractivity (Wildman–Crippen MR) is 106 cm³/mol. The highest BCUT2D eigenvalue weighted by atomic mass is 79.9. The molecule has 0 saturated heterocycles. The summed E-state index contributed by atoms with van der Waals surface area (Å²) in [5.74, 6) is 0.702. The number of carbonyl (C=O) groups is 2. The summed E-state index contributed by atoms with van der Waals surface area (Å²) < 4.78 is 11.9. The monoisotopic (exact) mass is 434 g/mol. The molecule has 0 aliphatic heterocycles. The van der Waals surface area contributed by atoms with Crippen LogP contribution in [0.15, 0.2) is 53.0 Å². The number of hydrogen-bond acceptors (Lipinski definition) is 4. The van der Waals surface area contributed by atoms with Crippen molar-refractivity contribution in [1.82, 2.24) is 10.9 Å². The standard InChI is InChI=1S/C20H23BrN2O4/c1-2-15-8-3-5-10-17(15)27-14-20(25)23-22-19(24)12-7-13-26-18-11-6-4-9-16(18)21/h3-6,8-11H,2,7,12-14H2,1H3,(H,22,24)(H,23,25). The van der Waals surface area contributed by atoms with Crippen molar-refractivity contribution in [3.8, 4) is 11.5 Å². The number of benzene rings is 2. The van der Waals surface area contributed by atoms with Gasteiger partial charge in [-0.2, -0.15) is 0 Å². The van der Waals surface area contributed by atoms with Crippen LogP contribution in [0.2, 0.25) is 0 Å². The second-order valence-electron chi connectivity index (χ2n) is 5.73. The SMILES string of the molecule is CCc1ccccc1OCC(=O)NNC(=O)CCCOc1ccccc1Br. The molecule has 0 fully saturated rings. The lowest BCUT2D eigenvalue weighted by Crippen LogP contribution is -2.43. The van der Waals surface area contributed by atoms with E-state index in [-0.39, 0.29) is 18.9 Å². The Kier molecular flexibility index (Phi) is 8.64. The van der Waals surface area contributed by atoms with Gasteiger partial charge in [0.1, 0.15) is 11.5 Å². The number of nitrogens with one attached hydrogen (secondary N) is 2. The minimum Gasteiger partial charge on any atom is -0.492 e. The van der Waals surface area contributed by atoms with Gasteiger partial charge in [0.15, 0.2) is 6.61 Å². The molecule has 0 bridgehead atoms. The molecule has 7 heteroatoms. The Balaban J connectivity index is 1.60. The summed E-state index contributed by atoms with van der Waals surface area (Å²) in [6, 6.07) is 15.1. The molecule has 2 aromatic rings. The van der Waals surface area contributed by atoms with Crippen molar-refractivity contribution in [3.05, 3.63) is 58.6 Å². The fourth-order valence-corrected chi connectivity index (χ4v) is 2.69. The lowest BCUT2D eigenvalue weighted by Gasteiger charge is -2.11. The topological polar surface area (TPSA) is 76.7 Å². The van der Waals surface area contributed by atoms with E-state index in [1.54, 1.807) is 0 Å². The predicted octanol–water partition coefficient (Wildman–Crippen LogP) is 3.40. The molecule has 0 saturated carbocycles. The maximum absolute atomic E-state index is 11.8. The molecule has 6 nitrogen and oxygen atoms in total. The zero-order valence-electron chi connectivity index (χ0n) is 15.2. The number of halogens is 1. The first-order valence-corrected chi connectivity index (χ1v) is 9.55. The average Bonchev–Trinajstić information content (AvgIpc) is 2.69. The largest absolute Gasteiger partial charge is 0.492 e. The molecular weight excluding hydrogens is 412 g/mol. The quantitative estimate of drug-likeness (QED) is 0.468. The van der Waals surface area contributed by atoms with Crippen molar-refractivity contribution in [2.24, 2.45) is 0 Å². The number of hydrogen-bond donors (Lipinski definition) is 2. The molecule has 0 spiro atoms. The van der Waals surface area contributed by atoms with E-state index in [0.29, 0.717) is 18.8 Å². The molecule has 0 radical (unpaired) electrons. The van der Waals surface area contributed by atoms with Gasteiger partial charge in [-0.05, 0) is 52.5 Å². The zero-order valence-corrected chi connectivity index (χ0v) is 16.8. The van der Waals surface area contributed by atoms with Crippen molar-refractivity contribution in [2.75, 3.05) is 13.2 Å². The molecule has 27 heavy (non-hydrogen) atoms. The van der Waals surface area contributed by atoms with Crippen LogP contribution in [-0.2, 0) is 16.0 Å². The van der Waals surface area contributed by atoms with Gasteiger partial charge in [-0.3, -0.25) is 20.4 Å². The van der Waals surface area contributed by atoms with Gasteiger partial charge in [-0.15, -0.1) is 0 Å². The highest BCUT2D eigenvalue weighted by molar-refractivity contribution is 9.10. The summed E-state index contributed by atoms with van der Waals surface area (Å²) in [5.41, 5.74) is 5.75. The minimum absolute atomic E-state index is 0.164. The van der Waals surface area contributed by atoms with E-state index in [1.165, 1.54) is 0 Å². The van der Waals surface area contributed by atoms with Crippen LogP contribution in [0.25, 0.3) is 0 Å². The van der Waals surface area contributed by atoms with Crippen LogP contribution in [0.3, 0.4) is 0 Å². The molecule has 0 aromatic heterocycles. The Morgan fingerprint density at radius 3 is 2.33 bits per heavy atom. The molecule has 2 amide bonds. The van der Waals surface area contributed by atoms with Crippen molar-refractivity contribution < 1.29 is 19.1 Å². The van der Waals surface area contributed by atoms with Gasteiger partial charge < -0.3 is 9.47 Å². The summed E-state index contributed by atoms with van der Waals surface area (Å²) >= 11 is 3.39. The molecule has 2 aromatic carbocycles. The van der Waals surface area contributed by atoms with E-state index in [2.05, 4.69) is 26.8 Å². The number of hydrazine groups is 1. The second-order valence-corrected chi connectivity index (χ2v) is 6.58. The van der Waals surface area contributed by atoms with E-state index in [0.717, 1.165) is 22.2 Å². The molecule has 0 aliphatic carbocycles. The summed E-state index contributed by atoms with van der Waals surface area (Å²) in [5, 5.41) is 0. The van der Waals surface area contributed by atoms with Gasteiger partial charge >= 0.3 is 0 Å². The van der Waals surface area contributed by atoms with E-state index >= 15 is 0 Å². The van der Waals surface area contributed by atoms with Gasteiger partial charge in [0, 0.05) is 6.42 Å². The second kappa shape index (κ2) is 11.2. The third kappa shape index (κ3) is 7.30. The first kappa shape index (κ1) is 20.8. The molecule has 0 atom stereocenters. The maximum Gasteiger partial charge on any atom is 0.276 e. The summed E-state index contributed by atoms with van der Waals surface area (Å²) in [6.45, 7) is 2.26. The van der Waals surface area contributed by atoms with Crippen molar-refractivity contribution in [2.45, 2.75) is 26.2 Å². The third-order valence-corrected chi connectivity index (χ3v) is 4.35. The smallest absolute Gasteiger partial charge is 0.276 e. The molecule has 0 heterocycles. The number of carbonyl (C=O) groups excluding carboxylic acids is 2. The summed E-state index contributed by atoms with van der Waals surface area (Å²) in [4.78, 5) is 23.6. The van der Waals surface area contributed by atoms with Crippen LogP contribution in [0.4, 0.5) is 0 Å². The van der Waals surface area contributed by atoms with Crippen LogP contribution < -0.4 is 20.3 Å². The van der Waals surface area contributed by atoms with Crippen LogP contribution >= 0.6 is 15.9 Å². The Labute approximate surface area is 167 Å². The highest BCUT2D eigenvalue weighted by Gasteiger charge is 2.08. The first-order chi connectivity index (χ1) is 13.1. The van der Waals surface area contributed by atoms with E-state index in [1.807, 2.05) is 55.5 Å². The van der Waals surface area contributed by atoms with Gasteiger partial charge in [-0.25, -0.2) is 0 Å². The zero-order chi connectivity index (χ0) is 19.5. The first-order valence-electron chi connectivity index (χ1n) is 8.76. The molecule has 0 unspecified atom stereocenters. The average molecular weight is 435 g/mol. The number of ether oxygens (including phenoxy) is 2. The lowest BCUT2D eigenvalue weighted by atomic mass is 10.1. The van der Waals surface area contributed by atoms with Crippen LogP contribution in [0, 0.1) is 0 Å². The van der Waals surface area contributed by atoms with Gasteiger partial charge in [0.2, 0.25) is 5.91 Å². The molecule has 0 aliphatic rings.